The van der Waals surface area contributed by atoms with Gasteiger partial charge in [-0.25, -0.2) is 0 Å². The number of benzene rings is 1. The molecule has 0 aliphatic heterocycles. The summed E-state index contributed by atoms with van der Waals surface area (Å²) >= 11 is 0. The lowest BCUT2D eigenvalue weighted by atomic mass is 10.0. The molecule has 3 nitrogen and oxygen atoms in total. The molecule has 0 aliphatic carbocycles. The SMILES string of the molecule is CC(C)Cc1ccc(CNCC(=O)OC(C)(C)C)cc1. The van der Waals surface area contributed by atoms with Crippen LogP contribution in [0, 0.1) is 5.92 Å². The second-order valence-electron chi connectivity index (χ2n) is 6.60. The molecule has 1 aromatic carbocycles. The highest BCUT2D eigenvalue weighted by Gasteiger charge is 2.15. The topological polar surface area (TPSA) is 38.3 Å². The molecule has 0 heterocycles. The van der Waals surface area contributed by atoms with Gasteiger partial charge in [0.1, 0.15) is 5.60 Å². The Morgan fingerprint density at radius 2 is 1.70 bits per heavy atom. The van der Waals surface area contributed by atoms with Gasteiger partial charge in [-0.1, -0.05) is 38.1 Å². The molecule has 0 radical (unpaired) electrons. The van der Waals surface area contributed by atoms with Crippen molar-refractivity contribution in [2.24, 2.45) is 5.92 Å². The predicted molar refractivity (Wildman–Crippen MR) is 82.5 cm³/mol. The number of hydrogen-bond donors (Lipinski definition) is 1. The Labute approximate surface area is 122 Å². The van der Waals surface area contributed by atoms with Crippen LogP contribution in [0.3, 0.4) is 0 Å². The van der Waals surface area contributed by atoms with Crippen LogP contribution in [-0.2, 0) is 22.5 Å². The standard InChI is InChI=1S/C17H27NO2/c1-13(2)10-14-6-8-15(9-7-14)11-18-12-16(19)20-17(3,4)5/h6-9,13,18H,10-12H2,1-5H3. The minimum absolute atomic E-state index is 0.214. The van der Waals surface area contributed by atoms with Crippen LogP contribution in [0.2, 0.25) is 0 Å². The first-order chi connectivity index (χ1) is 9.26. The molecule has 1 N–H and O–H groups in total. The van der Waals surface area contributed by atoms with E-state index in [0.717, 1.165) is 6.42 Å². The van der Waals surface area contributed by atoms with Crippen LogP contribution in [0.1, 0.15) is 45.7 Å². The lowest BCUT2D eigenvalue weighted by Crippen LogP contribution is -2.31. The molecule has 0 aliphatic rings. The van der Waals surface area contributed by atoms with E-state index in [1.807, 2.05) is 20.8 Å². The maximum Gasteiger partial charge on any atom is 0.320 e. The predicted octanol–water partition coefficient (Wildman–Crippen LogP) is 3.32. The van der Waals surface area contributed by atoms with E-state index in [0.29, 0.717) is 12.5 Å². The van der Waals surface area contributed by atoms with Crippen molar-refractivity contribution < 1.29 is 9.53 Å². The third-order valence-electron chi connectivity index (χ3n) is 2.69. The van der Waals surface area contributed by atoms with Crippen molar-refractivity contribution in [3.05, 3.63) is 35.4 Å². The molecule has 0 amide bonds. The summed E-state index contributed by atoms with van der Waals surface area (Å²) in [6, 6.07) is 8.54. The van der Waals surface area contributed by atoms with Crippen molar-refractivity contribution in [3.8, 4) is 0 Å². The number of carbonyl (C=O) groups excluding carboxylic acids is 1. The van der Waals surface area contributed by atoms with Crippen molar-refractivity contribution in [1.82, 2.24) is 5.32 Å². The fraction of sp³-hybridized carbons (Fsp3) is 0.588. The van der Waals surface area contributed by atoms with E-state index in [4.69, 9.17) is 4.74 Å². The quantitative estimate of drug-likeness (QED) is 0.811. The van der Waals surface area contributed by atoms with Crippen LogP contribution in [0.5, 0.6) is 0 Å². The smallest absolute Gasteiger partial charge is 0.320 e. The van der Waals surface area contributed by atoms with E-state index in [-0.39, 0.29) is 12.5 Å². The zero-order valence-electron chi connectivity index (χ0n) is 13.3. The van der Waals surface area contributed by atoms with Gasteiger partial charge in [0.25, 0.3) is 0 Å². The Morgan fingerprint density at radius 3 is 2.20 bits per heavy atom. The molecule has 3 heteroatoms. The van der Waals surface area contributed by atoms with Gasteiger partial charge in [-0.15, -0.1) is 0 Å². The zero-order valence-corrected chi connectivity index (χ0v) is 13.3. The van der Waals surface area contributed by atoms with Crippen LogP contribution in [0.25, 0.3) is 0 Å². The average molecular weight is 277 g/mol. The summed E-state index contributed by atoms with van der Waals surface area (Å²) in [4.78, 5) is 11.5. The first-order valence-corrected chi connectivity index (χ1v) is 7.26. The van der Waals surface area contributed by atoms with Crippen molar-refractivity contribution in [1.29, 1.82) is 0 Å². The molecule has 0 fully saturated rings. The van der Waals surface area contributed by atoms with E-state index in [9.17, 15) is 4.79 Å². The highest BCUT2D eigenvalue weighted by molar-refractivity contribution is 5.72. The first-order valence-electron chi connectivity index (χ1n) is 7.26. The Balaban J connectivity index is 2.33. The molecular weight excluding hydrogens is 250 g/mol. The van der Waals surface area contributed by atoms with E-state index in [1.54, 1.807) is 0 Å². The molecule has 0 spiro atoms. The Bertz CT molecular complexity index is 416. The largest absolute Gasteiger partial charge is 0.459 e. The van der Waals surface area contributed by atoms with E-state index >= 15 is 0 Å². The number of ether oxygens (including phenoxy) is 1. The van der Waals surface area contributed by atoms with Gasteiger partial charge >= 0.3 is 5.97 Å². The number of hydrogen-bond acceptors (Lipinski definition) is 3. The molecule has 0 saturated heterocycles. The molecule has 1 aromatic rings. The highest BCUT2D eigenvalue weighted by atomic mass is 16.6. The minimum Gasteiger partial charge on any atom is -0.459 e. The van der Waals surface area contributed by atoms with Gasteiger partial charge in [0.05, 0.1) is 6.54 Å². The van der Waals surface area contributed by atoms with Crippen molar-refractivity contribution in [3.63, 3.8) is 0 Å². The summed E-state index contributed by atoms with van der Waals surface area (Å²) < 4.78 is 5.24. The number of nitrogens with one attached hydrogen (secondary N) is 1. The third-order valence-corrected chi connectivity index (χ3v) is 2.69. The molecule has 1 rings (SSSR count). The summed E-state index contributed by atoms with van der Waals surface area (Å²) in [5, 5.41) is 3.11. The van der Waals surface area contributed by atoms with Crippen LogP contribution in [-0.4, -0.2) is 18.1 Å². The fourth-order valence-corrected chi connectivity index (χ4v) is 1.95. The Kier molecular flexibility index (Phi) is 6.21. The molecule has 0 aromatic heterocycles. The summed E-state index contributed by atoms with van der Waals surface area (Å²) in [5.74, 6) is 0.458. The highest BCUT2D eigenvalue weighted by Crippen LogP contribution is 2.10. The lowest BCUT2D eigenvalue weighted by molar-refractivity contribution is -0.153. The Hall–Kier alpha value is -1.35. The third kappa shape index (κ3) is 7.29. The summed E-state index contributed by atoms with van der Waals surface area (Å²) in [6.07, 6.45) is 1.10. The van der Waals surface area contributed by atoms with Gasteiger partial charge in [-0.2, -0.15) is 0 Å². The maximum atomic E-state index is 11.5. The van der Waals surface area contributed by atoms with Crippen LogP contribution < -0.4 is 5.32 Å². The van der Waals surface area contributed by atoms with Gasteiger partial charge in [0, 0.05) is 6.54 Å². The van der Waals surface area contributed by atoms with Gasteiger partial charge in [0.2, 0.25) is 0 Å². The van der Waals surface area contributed by atoms with Crippen LogP contribution in [0.4, 0.5) is 0 Å². The van der Waals surface area contributed by atoms with Gasteiger partial charge in [0.15, 0.2) is 0 Å². The van der Waals surface area contributed by atoms with Gasteiger partial charge in [-0.3, -0.25) is 4.79 Å². The van der Waals surface area contributed by atoms with Crippen molar-refractivity contribution >= 4 is 5.97 Å². The van der Waals surface area contributed by atoms with Gasteiger partial charge < -0.3 is 10.1 Å². The second kappa shape index (κ2) is 7.44. The molecular formula is C17H27NO2. The molecule has 0 unspecified atom stereocenters. The van der Waals surface area contributed by atoms with E-state index in [1.165, 1.54) is 11.1 Å². The number of esters is 1. The van der Waals surface area contributed by atoms with Crippen LogP contribution in [0.15, 0.2) is 24.3 Å². The minimum atomic E-state index is -0.419. The lowest BCUT2D eigenvalue weighted by Gasteiger charge is -2.19. The van der Waals surface area contributed by atoms with Crippen molar-refractivity contribution in [2.45, 2.75) is 53.2 Å². The molecule has 20 heavy (non-hydrogen) atoms. The normalized spacial score (nSPS) is 11.7. The fourth-order valence-electron chi connectivity index (χ4n) is 1.95. The van der Waals surface area contributed by atoms with Crippen molar-refractivity contribution in [2.75, 3.05) is 6.54 Å². The monoisotopic (exact) mass is 277 g/mol. The summed E-state index contributed by atoms with van der Waals surface area (Å²) in [7, 11) is 0. The second-order valence-corrected chi connectivity index (χ2v) is 6.60. The van der Waals surface area contributed by atoms with E-state index in [2.05, 4.69) is 43.4 Å². The summed E-state index contributed by atoms with van der Waals surface area (Å²) in [5.41, 5.74) is 2.12. The Morgan fingerprint density at radius 1 is 1.15 bits per heavy atom. The zero-order chi connectivity index (χ0) is 15.2. The average Bonchev–Trinajstić information content (AvgIpc) is 2.28. The molecule has 0 bridgehead atoms. The molecule has 112 valence electrons. The molecule has 0 saturated carbocycles. The van der Waals surface area contributed by atoms with Crippen LogP contribution >= 0.6 is 0 Å². The maximum absolute atomic E-state index is 11.5. The first kappa shape index (κ1) is 16.7. The van der Waals surface area contributed by atoms with Gasteiger partial charge in [-0.05, 0) is 44.2 Å². The molecule has 0 atom stereocenters. The van der Waals surface area contributed by atoms with E-state index < -0.39 is 5.60 Å². The number of carbonyl (C=O) groups is 1. The number of rotatable bonds is 6. The summed E-state index contributed by atoms with van der Waals surface area (Å²) in [6.45, 7) is 11.0.